The molecule has 3 aromatic rings. The Morgan fingerprint density at radius 1 is 1.35 bits per heavy atom. The Morgan fingerprint density at radius 2 is 2.22 bits per heavy atom. The van der Waals surface area contributed by atoms with Crippen LogP contribution in [0.4, 0.5) is 5.69 Å². The molecule has 23 heavy (non-hydrogen) atoms. The topological polar surface area (TPSA) is 77.2 Å². The number of carbonyl (C=O) groups excluding carboxylic acids is 1. The molecule has 3 rings (SSSR count). The molecule has 2 heterocycles. The molecule has 1 N–H and O–H groups in total. The van der Waals surface area contributed by atoms with Gasteiger partial charge < -0.3 is 14.6 Å². The standard InChI is InChI=1S/C16H15N3O3S/c1-21-13-5-3-2-4-12(13)17-14(20)6-7-15-18-16(19-22-15)11-8-9-23-10-11/h2-5,8-10H,6-7H2,1H3,(H,17,20). The first-order valence-electron chi connectivity index (χ1n) is 7.04. The zero-order valence-electron chi connectivity index (χ0n) is 12.5. The first kappa shape index (κ1) is 15.2. The lowest BCUT2D eigenvalue weighted by molar-refractivity contribution is -0.116. The van der Waals surface area contributed by atoms with Crippen molar-refractivity contribution in [2.75, 3.05) is 12.4 Å². The van der Waals surface area contributed by atoms with Gasteiger partial charge in [-0.15, -0.1) is 0 Å². The number of hydrogen-bond donors (Lipinski definition) is 1. The molecule has 0 unspecified atom stereocenters. The third-order valence-electron chi connectivity index (χ3n) is 3.19. The SMILES string of the molecule is COc1ccccc1NC(=O)CCc1nc(-c2ccsc2)no1. The van der Waals surface area contributed by atoms with E-state index in [9.17, 15) is 4.79 Å². The van der Waals surface area contributed by atoms with Gasteiger partial charge in [0, 0.05) is 23.8 Å². The maximum atomic E-state index is 12.0. The minimum atomic E-state index is -0.134. The van der Waals surface area contributed by atoms with Gasteiger partial charge in [0.25, 0.3) is 0 Å². The molecule has 0 radical (unpaired) electrons. The summed E-state index contributed by atoms with van der Waals surface area (Å²) in [6.45, 7) is 0. The number of hydrogen-bond acceptors (Lipinski definition) is 6. The minimum absolute atomic E-state index is 0.134. The van der Waals surface area contributed by atoms with E-state index in [1.807, 2.05) is 29.0 Å². The van der Waals surface area contributed by atoms with Crippen molar-refractivity contribution in [2.24, 2.45) is 0 Å². The van der Waals surface area contributed by atoms with Crippen LogP contribution in [0.2, 0.25) is 0 Å². The molecule has 1 aromatic carbocycles. The number of amides is 1. The van der Waals surface area contributed by atoms with Crippen LogP contribution in [0.25, 0.3) is 11.4 Å². The Labute approximate surface area is 137 Å². The van der Waals surface area contributed by atoms with Crippen molar-refractivity contribution in [2.45, 2.75) is 12.8 Å². The predicted octanol–water partition coefficient (Wildman–Crippen LogP) is 3.38. The molecule has 0 fully saturated rings. The van der Waals surface area contributed by atoms with Gasteiger partial charge in [0.2, 0.25) is 17.6 Å². The number of anilines is 1. The molecule has 0 atom stereocenters. The Kier molecular flexibility index (Phi) is 4.68. The summed E-state index contributed by atoms with van der Waals surface area (Å²) in [5.41, 5.74) is 1.56. The lowest BCUT2D eigenvalue weighted by atomic mass is 10.2. The highest BCUT2D eigenvalue weighted by Crippen LogP contribution is 2.23. The van der Waals surface area contributed by atoms with Crippen molar-refractivity contribution in [3.05, 3.63) is 47.0 Å². The summed E-state index contributed by atoms with van der Waals surface area (Å²) in [6, 6.07) is 9.19. The van der Waals surface area contributed by atoms with E-state index >= 15 is 0 Å². The molecule has 118 valence electrons. The average Bonchev–Trinajstić information content (AvgIpc) is 3.24. The highest BCUT2D eigenvalue weighted by atomic mass is 32.1. The van der Waals surface area contributed by atoms with Gasteiger partial charge in [-0.2, -0.15) is 16.3 Å². The van der Waals surface area contributed by atoms with Crippen LogP contribution in [-0.4, -0.2) is 23.2 Å². The maximum Gasteiger partial charge on any atom is 0.227 e. The Morgan fingerprint density at radius 3 is 3.00 bits per heavy atom. The smallest absolute Gasteiger partial charge is 0.227 e. The van der Waals surface area contributed by atoms with Crippen LogP contribution in [0.5, 0.6) is 5.75 Å². The van der Waals surface area contributed by atoms with Crippen molar-refractivity contribution in [1.29, 1.82) is 0 Å². The molecule has 0 saturated carbocycles. The first-order valence-corrected chi connectivity index (χ1v) is 7.98. The number of thiophene rings is 1. The number of ether oxygens (including phenoxy) is 1. The summed E-state index contributed by atoms with van der Waals surface area (Å²) in [7, 11) is 1.56. The molecule has 0 spiro atoms. The van der Waals surface area contributed by atoms with Crippen molar-refractivity contribution in [3.63, 3.8) is 0 Å². The molecule has 1 amide bonds. The molecule has 0 aliphatic rings. The fraction of sp³-hybridized carbons (Fsp3) is 0.188. The van der Waals surface area contributed by atoms with Gasteiger partial charge in [-0.3, -0.25) is 4.79 Å². The summed E-state index contributed by atoms with van der Waals surface area (Å²) >= 11 is 1.57. The van der Waals surface area contributed by atoms with E-state index < -0.39 is 0 Å². The first-order chi connectivity index (χ1) is 11.3. The van der Waals surface area contributed by atoms with Crippen LogP contribution >= 0.6 is 11.3 Å². The van der Waals surface area contributed by atoms with Crippen LogP contribution < -0.4 is 10.1 Å². The Bertz CT molecular complexity index is 783. The number of aryl methyl sites for hydroxylation is 1. The van der Waals surface area contributed by atoms with E-state index in [-0.39, 0.29) is 12.3 Å². The third kappa shape index (κ3) is 3.75. The van der Waals surface area contributed by atoms with Gasteiger partial charge in [0.15, 0.2) is 0 Å². The maximum absolute atomic E-state index is 12.0. The largest absolute Gasteiger partial charge is 0.495 e. The van der Waals surface area contributed by atoms with Crippen molar-refractivity contribution in [1.82, 2.24) is 10.1 Å². The van der Waals surface area contributed by atoms with Gasteiger partial charge in [0.1, 0.15) is 5.75 Å². The van der Waals surface area contributed by atoms with Crippen molar-refractivity contribution < 1.29 is 14.1 Å². The molecule has 0 saturated heterocycles. The van der Waals surface area contributed by atoms with E-state index in [1.54, 1.807) is 30.6 Å². The quantitative estimate of drug-likeness (QED) is 0.750. The molecular formula is C16H15N3O3S. The van der Waals surface area contributed by atoms with Gasteiger partial charge in [-0.05, 0) is 23.6 Å². The second kappa shape index (κ2) is 7.06. The van der Waals surface area contributed by atoms with Gasteiger partial charge in [-0.25, -0.2) is 0 Å². The molecular weight excluding hydrogens is 314 g/mol. The van der Waals surface area contributed by atoms with Gasteiger partial charge in [-0.1, -0.05) is 17.3 Å². The van der Waals surface area contributed by atoms with E-state index in [1.165, 1.54) is 0 Å². The number of carbonyl (C=O) groups is 1. The summed E-state index contributed by atoms with van der Waals surface area (Å²) in [5, 5.41) is 10.6. The fourth-order valence-corrected chi connectivity index (χ4v) is 2.68. The zero-order valence-corrected chi connectivity index (χ0v) is 13.3. The minimum Gasteiger partial charge on any atom is -0.495 e. The molecule has 0 bridgehead atoms. The van der Waals surface area contributed by atoms with Crippen LogP contribution in [-0.2, 0) is 11.2 Å². The Balaban J connectivity index is 1.57. The normalized spacial score (nSPS) is 10.5. The average molecular weight is 329 g/mol. The number of para-hydroxylation sites is 2. The van der Waals surface area contributed by atoms with Crippen molar-refractivity contribution in [3.8, 4) is 17.1 Å². The van der Waals surface area contributed by atoms with Crippen LogP contribution in [0, 0.1) is 0 Å². The molecule has 2 aromatic heterocycles. The summed E-state index contributed by atoms with van der Waals surface area (Å²) in [5.74, 6) is 1.48. The number of nitrogens with zero attached hydrogens (tertiary/aromatic N) is 2. The van der Waals surface area contributed by atoms with E-state index in [2.05, 4.69) is 15.5 Å². The highest BCUT2D eigenvalue weighted by Gasteiger charge is 2.12. The number of aromatic nitrogens is 2. The third-order valence-corrected chi connectivity index (χ3v) is 3.88. The van der Waals surface area contributed by atoms with E-state index in [4.69, 9.17) is 9.26 Å². The van der Waals surface area contributed by atoms with E-state index in [0.717, 1.165) is 5.56 Å². The van der Waals surface area contributed by atoms with Crippen molar-refractivity contribution >= 4 is 22.9 Å². The Hall–Kier alpha value is -2.67. The predicted molar refractivity (Wildman–Crippen MR) is 87.6 cm³/mol. The number of rotatable bonds is 6. The number of nitrogens with one attached hydrogen (secondary N) is 1. The second-order valence-electron chi connectivity index (χ2n) is 4.77. The number of methoxy groups -OCH3 is 1. The lowest BCUT2D eigenvalue weighted by Crippen LogP contribution is -2.13. The van der Waals surface area contributed by atoms with Crippen LogP contribution in [0.15, 0.2) is 45.6 Å². The fourth-order valence-electron chi connectivity index (χ4n) is 2.05. The molecule has 7 heteroatoms. The van der Waals surface area contributed by atoms with Gasteiger partial charge in [0.05, 0.1) is 12.8 Å². The summed E-state index contributed by atoms with van der Waals surface area (Å²) in [6.07, 6.45) is 0.640. The lowest BCUT2D eigenvalue weighted by Gasteiger charge is -2.08. The summed E-state index contributed by atoms with van der Waals surface area (Å²) < 4.78 is 10.4. The molecule has 0 aliphatic heterocycles. The summed E-state index contributed by atoms with van der Waals surface area (Å²) in [4.78, 5) is 16.3. The van der Waals surface area contributed by atoms with Crippen LogP contribution in [0.1, 0.15) is 12.3 Å². The molecule has 6 nitrogen and oxygen atoms in total. The van der Waals surface area contributed by atoms with E-state index in [0.29, 0.717) is 29.6 Å². The monoisotopic (exact) mass is 329 g/mol. The highest BCUT2D eigenvalue weighted by molar-refractivity contribution is 7.08. The van der Waals surface area contributed by atoms with Crippen LogP contribution in [0.3, 0.4) is 0 Å². The number of benzene rings is 1. The second-order valence-corrected chi connectivity index (χ2v) is 5.55. The van der Waals surface area contributed by atoms with Gasteiger partial charge >= 0.3 is 0 Å². The molecule has 0 aliphatic carbocycles. The zero-order chi connectivity index (χ0) is 16.1.